The lowest BCUT2D eigenvalue weighted by molar-refractivity contribution is -0.121. The topological polar surface area (TPSA) is 62.3 Å². The summed E-state index contributed by atoms with van der Waals surface area (Å²) in [6, 6.07) is 3.61. The first-order valence-electron chi connectivity index (χ1n) is 6.71. The van der Waals surface area contributed by atoms with E-state index in [0.717, 1.165) is 12.8 Å². The Balaban J connectivity index is 1.85. The van der Waals surface area contributed by atoms with E-state index in [1.807, 2.05) is 0 Å². The van der Waals surface area contributed by atoms with Crippen LogP contribution in [0, 0.1) is 0 Å². The first kappa shape index (κ1) is 14.8. The van der Waals surface area contributed by atoms with Crippen LogP contribution in [0.3, 0.4) is 0 Å². The minimum absolute atomic E-state index is 0.00594. The Morgan fingerprint density at radius 3 is 2.70 bits per heavy atom. The second kappa shape index (κ2) is 6.70. The first-order chi connectivity index (χ1) is 9.58. The van der Waals surface area contributed by atoms with Gasteiger partial charge in [-0.15, -0.1) is 11.6 Å². The van der Waals surface area contributed by atoms with Crippen molar-refractivity contribution in [1.29, 1.82) is 0 Å². The molecule has 5 nitrogen and oxygen atoms in total. The number of piperidine rings is 1. The van der Waals surface area contributed by atoms with Gasteiger partial charge in [-0.1, -0.05) is 0 Å². The third-order valence-electron chi connectivity index (χ3n) is 3.40. The number of halogens is 1. The van der Waals surface area contributed by atoms with Gasteiger partial charge in [0.2, 0.25) is 5.91 Å². The fraction of sp³-hybridized carbons (Fsp3) is 0.500. The van der Waals surface area contributed by atoms with Crippen LogP contribution in [-0.2, 0) is 4.79 Å². The molecule has 0 spiro atoms. The number of alkyl halides is 1. The number of aromatic nitrogens is 1. The highest BCUT2D eigenvalue weighted by atomic mass is 35.5. The molecule has 0 bridgehead atoms. The van der Waals surface area contributed by atoms with Crippen molar-refractivity contribution >= 4 is 23.4 Å². The molecule has 0 aromatic carbocycles. The zero-order chi connectivity index (χ0) is 14.5. The van der Waals surface area contributed by atoms with Gasteiger partial charge in [0, 0.05) is 31.5 Å². The number of amides is 2. The summed E-state index contributed by atoms with van der Waals surface area (Å²) in [5, 5.41) is 2.37. The molecule has 108 valence electrons. The number of hydrogen-bond acceptors (Lipinski definition) is 3. The van der Waals surface area contributed by atoms with Crippen LogP contribution in [0.4, 0.5) is 0 Å². The molecule has 20 heavy (non-hydrogen) atoms. The summed E-state index contributed by atoms with van der Waals surface area (Å²) >= 11 is 5.72. The normalized spacial score (nSPS) is 17.6. The molecule has 1 atom stereocenters. The molecule has 2 rings (SSSR count). The highest BCUT2D eigenvalue weighted by Crippen LogP contribution is 2.14. The van der Waals surface area contributed by atoms with Crippen LogP contribution >= 0.6 is 11.6 Å². The molecule has 1 aliphatic heterocycles. The zero-order valence-corrected chi connectivity index (χ0v) is 12.1. The van der Waals surface area contributed by atoms with Crippen molar-refractivity contribution in [2.75, 3.05) is 13.1 Å². The van der Waals surface area contributed by atoms with Crippen molar-refractivity contribution < 1.29 is 9.59 Å². The third-order valence-corrected chi connectivity index (χ3v) is 3.60. The molecular formula is C14H18ClN3O2. The molecule has 1 N–H and O–H groups in total. The number of nitrogens with one attached hydrogen (secondary N) is 1. The monoisotopic (exact) mass is 295 g/mol. The van der Waals surface area contributed by atoms with Crippen LogP contribution in [0.5, 0.6) is 0 Å². The van der Waals surface area contributed by atoms with Crippen LogP contribution in [0.15, 0.2) is 24.5 Å². The number of nitrogens with zero attached hydrogens (tertiary/aromatic N) is 2. The number of rotatable bonds is 3. The van der Waals surface area contributed by atoms with Crippen molar-refractivity contribution in [3.63, 3.8) is 0 Å². The van der Waals surface area contributed by atoms with Crippen molar-refractivity contribution in [2.45, 2.75) is 31.2 Å². The summed E-state index contributed by atoms with van der Waals surface area (Å²) in [6.45, 7) is 2.92. The van der Waals surface area contributed by atoms with Gasteiger partial charge in [0.15, 0.2) is 0 Å². The molecular weight excluding hydrogens is 278 g/mol. The fourth-order valence-electron chi connectivity index (χ4n) is 2.21. The molecule has 2 amide bonds. The maximum Gasteiger partial charge on any atom is 0.255 e. The van der Waals surface area contributed by atoms with Gasteiger partial charge in [0.05, 0.1) is 5.56 Å². The highest BCUT2D eigenvalue weighted by molar-refractivity contribution is 6.30. The Morgan fingerprint density at radius 2 is 2.15 bits per heavy atom. The number of likely N-dealkylation sites (tertiary alicyclic amines) is 1. The minimum Gasteiger partial charge on any atom is -0.352 e. The number of carbonyl (C=O) groups is 2. The van der Waals surface area contributed by atoms with Crippen molar-refractivity contribution in [1.82, 2.24) is 15.2 Å². The van der Waals surface area contributed by atoms with E-state index in [2.05, 4.69) is 10.3 Å². The SMILES string of the molecule is CC(Cl)C(=O)NC1CCN(C(=O)c2cccnc2)CC1. The summed E-state index contributed by atoms with van der Waals surface area (Å²) in [5.41, 5.74) is 0.601. The molecule has 0 saturated carbocycles. The summed E-state index contributed by atoms with van der Waals surface area (Å²) in [4.78, 5) is 29.5. The van der Waals surface area contributed by atoms with Gasteiger partial charge in [0.1, 0.15) is 5.38 Å². The van der Waals surface area contributed by atoms with Gasteiger partial charge >= 0.3 is 0 Å². The molecule has 0 aliphatic carbocycles. The third kappa shape index (κ3) is 3.70. The average Bonchev–Trinajstić information content (AvgIpc) is 2.48. The van der Waals surface area contributed by atoms with Crippen LogP contribution in [0.25, 0.3) is 0 Å². The standard InChI is InChI=1S/C14H18ClN3O2/c1-10(15)13(19)17-12-4-7-18(8-5-12)14(20)11-3-2-6-16-9-11/h2-3,6,9-10,12H,4-5,7-8H2,1H3,(H,17,19). The van der Waals surface area contributed by atoms with E-state index < -0.39 is 5.38 Å². The van der Waals surface area contributed by atoms with Crippen molar-refractivity contribution in [2.24, 2.45) is 0 Å². The zero-order valence-electron chi connectivity index (χ0n) is 11.4. The Morgan fingerprint density at radius 1 is 1.45 bits per heavy atom. The number of pyridine rings is 1. The summed E-state index contributed by atoms with van der Waals surface area (Å²) in [5.74, 6) is -0.155. The van der Waals surface area contributed by atoms with Gasteiger partial charge in [-0.3, -0.25) is 14.6 Å². The van der Waals surface area contributed by atoms with E-state index in [-0.39, 0.29) is 17.9 Å². The molecule has 1 fully saturated rings. The van der Waals surface area contributed by atoms with Crippen LogP contribution in [0.2, 0.25) is 0 Å². The lowest BCUT2D eigenvalue weighted by atomic mass is 10.0. The number of carbonyl (C=O) groups excluding carboxylic acids is 2. The molecule has 6 heteroatoms. The molecule has 1 aromatic rings. The Labute approximate surface area is 123 Å². The lowest BCUT2D eigenvalue weighted by Crippen LogP contribution is -2.47. The van der Waals surface area contributed by atoms with E-state index in [1.165, 1.54) is 0 Å². The van der Waals surface area contributed by atoms with E-state index in [9.17, 15) is 9.59 Å². The maximum atomic E-state index is 12.2. The van der Waals surface area contributed by atoms with E-state index in [4.69, 9.17) is 11.6 Å². The smallest absolute Gasteiger partial charge is 0.255 e. The second-order valence-corrected chi connectivity index (χ2v) is 5.59. The summed E-state index contributed by atoms with van der Waals surface area (Å²) < 4.78 is 0. The van der Waals surface area contributed by atoms with Crippen LogP contribution in [0.1, 0.15) is 30.1 Å². The van der Waals surface area contributed by atoms with E-state index in [0.29, 0.717) is 18.7 Å². The minimum atomic E-state index is -0.523. The van der Waals surface area contributed by atoms with Gasteiger partial charge in [-0.05, 0) is 31.9 Å². The Kier molecular flexibility index (Phi) is 4.95. The predicted molar refractivity (Wildman–Crippen MR) is 76.6 cm³/mol. The molecule has 1 aliphatic rings. The van der Waals surface area contributed by atoms with Gasteiger partial charge in [0.25, 0.3) is 5.91 Å². The molecule has 1 aromatic heterocycles. The first-order valence-corrected chi connectivity index (χ1v) is 7.15. The van der Waals surface area contributed by atoms with Crippen molar-refractivity contribution in [3.8, 4) is 0 Å². The Bertz CT molecular complexity index is 471. The average molecular weight is 296 g/mol. The molecule has 1 saturated heterocycles. The van der Waals surface area contributed by atoms with Gasteiger partial charge < -0.3 is 10.2 Å². The molecule has 2 heterocycles. The largest absolute Gasteiger partial charge is 0.352 e. The van der Waals surface area contributed by atoms with E-state index >= 15 is 0 Å². The highest BCUT2D eigenvalue weighted by Gasteiger charge is 2.25. The quantitative estimate of drug-likeness (QED) is 0.858. The predicted octanol–water partition coefficient (Wildman–Crippen LogP) is 1.43. The number of hydrogen-bond donors (Lipinski definition) is 1. The molecule has 0 radical (unpaired) electrons. The fourth-order valence-corrected chi connectivity index (χ4v) is 2.28. The lowest BCUT2D eigenvalue weighted by Gasteiger charge is -2.32. The van der Waals surface area contributed by atoms with Crippen LogP contribution < -0.4 is 5.32 Å². The molecule has 1 unspecified atom stereocenters. The van der Waals surface area contributed by atoms with Gasteiger partial charge in [-0.25, -0.2) is 0 Å². The Hall–Kier alpha value is -1.62. The van der Waals surface area contributed by atoms with E-state index in [1.54, 1.807) is 36.4 Å². The van der Waals surface area contributed by atoms with Crippen LogP contribution in [-0.4, -0.2) is 46.2 Å². The van der Waals surface area contributed by atoms with Gasteiger partial charge in [-0.2, -0.15) is 0 Å². The summed E-state index contributed by atoms with van der Waals surface area (Å²) in [7, 11) is 0. The van der Waals surface area contributed by atoms with Crippen molar-refractivity contribution in [3.05, 3.63) is 30.1 Å². The summed E-state index contributed by atoms with van der Waals surface area (Å²) in [6.07, 6.45) is 4.72. The maximum absolute atomic E-state index is 12.2. The second-order valence-electron chi connectivity index (χ2n) is 4.93.